The molecule has 7 aromatic rings. The Morgan fingerprint density at radius 2 is 1.26 bits per heavy atom. The number of aromatic nitrogens is 1. The average Bonchev–Trinajstić information content (AvgIpc) is 3.46. The van der Waals surface area contributed by atoms with Crippen LogP contribution < -0.4 is 4.90 Å². The van der Waals surface area contributed by atoms with Gasteiger partial charge in [-0.15, -0.1) is 0 Å². The quantitative estimate of drug-likeness (QED) is 0.202. The molecule has 1 aromatic heterocycles. The van der Waals surface area contributed by atoms with Gasteiger partial charge in [0.25, 0.3) is 0 Å². The molecule has 4 heterocycles. The van der Waals surface area contributed by atoms with Gasteiger partial charge in [-0.3, -0.25) is 9.89 Å². The van der Waals surface area contributed by atoms with E-state index in [-0.39, 0.29) is 12.0 Å². The number of para-hydroxylation sites is 4. The second-order valence-corrected chi connectivity index (χ2v) is 12.2. The maximum atomic E-state index is 5.30. The molecule has 0 radical (unpaired) electrons. The fourth-order valence-electron chi connectivity index (χ4n) is 7.72. The van der Waals surface area contributed by atoms with Crippen molar-refractivity contribution in [3.05, 3.63) is 163 Å². The summed E-state index contributed by atoms with van der Waals surface area (Å²) in [5.41, 5.74) is 12.9. The van der Waals surface area contributed by atoms with E-state index in [0.717, 1.165) is 22.9 Å². The summed E-state index contributed by atoms with van der Waals surface area (Å²) in [4.78, 5) is 12.8. The van der Waals surface area contributed by atoms with Gasteiger partial charge in [0.1, 0.15) is 5.84 Å². The molecule has 3 aliphatic rings. The monoisotopic (exact) mass is 588 g/mol. The highest BCUT2D eigenvalue weighted by molar-refractivity contribution is 6.18. The summed E-state index contributed by atoms with van der Waals surface area (Å²) in [7, 11) is 0. The number of rotatable bonds is 3. The SMILES string of the molecule is C1=NC2c3cc(-c4ccc5c(c4)c4ccccc4n5-c4ccccc4)ccc3N(c3ccccc3)C3=Nc4ccccc4C(=C1)C32. The molecule has 0 aliphatic carbocycles. The number of hydrogen-bond acceptors (Lipinski definition) is 3. The highest BCUT2D eigenvalue weighted by Gasteiger charge is 2.45. The summed E-state index contributed by atoms with van der Waals surface area (Å²) in [5, 5.41) is 2.50. The number of anilines is 2. The zero-order chi connectivity index (χ0) is 30.2. The van der Waals surface area contributed by atoms with Gasteiger partial charge in [0.15, 0.2) is 0 Å². The number of fused-ring (bicyclic) bond motifs is 7. The lowest BCUT2D eigenvalue weighted by Gasteiger charge is -2.44. The van der Waals surface area contributed by atoms with Crippen LogP contribution in [0.4, 0.5) is 17.1 Å². The normalized spacial score (nSPS) is 17.7. The Balaban J connectivity index is 1.17. The van der Waals surface area contributed by atoms with Crippen molar-refractivity contribution >= 4 is 56.5 Å². The number of amidine groups is 1. The molecule has 2 atom stereocenters. The fourth-order valence-corrected chi connectivity index (χ4v) is 7.72. The van der Waals surface area contributed by atoms with Crippen molar-refractivity contribution in [1.82, 2.24) is 4.57 Å². The van der Waals surface area contributed by atoms with Crippen molar-refractivity contribution < 1.29 is 0 Å². The largest absolute Gasteiger partial charge is 0.309 e. The maximum absolute atomic E-state index is 5.30. The Kier molecular flexibility index (Phi) is 5.37. The van der Waals surface area contributed by atoms with Crippen LogP contribution in [0.25, 0.3) is 44.2 Å². The van der Waals surface area contributed by atoms with Crippen LogP contribution in [0.5, 0.6) is 0 Å². The van der Waals surface area contributed by atoms with E-state index >= 15 is 0 Å². The molecule has 46 heavy (non-hydrogen) atoms. The average molecular weight is 589 g/mol. The predicted molar refractivity (Wildman–Crippen MR) is 191 cm³/mol. The minimum absolute atomic E-state index is 0.0363. The molecule has 2 unspecified atom stereocenters. The number of benzene rings is 6. The van der Waals surface area contributed by atoms with Crippen LogP contribution in [-0.2, 0) is 0 Å². The third-order valence-corrected chi connectivity index (χ3v) is 9.73. The van der Waals surface area contributed by atoms with Crippen molar-refractivity contribution in [3.8, 4) is 16.8 Å². The topological polar surface area (TPSA) is 32.9 Å². The van der Waals surface area contributed by atoms with Crippen LogP contribution in [0.15, 0.2) is 162 Å². The second kappa shape index (κ2) is 9.75. The lowest BCUT2D eigenvalue weighted by atomic mass is 9.75. The third-order valence-electron chi connectivity index (χ3n) is 9.73. The lowest BCUT2D eigenvalue weighted by Crippen LogP contribution is -2.43. The van der Waals surface area contributed by atoms with Crippen molar-refractivity contribution in [2.24, 2.45) is 15.9 Å². The van der Waals surface area contributed by atoms with Gasteiger partial charge in [-0.05, 0) is 83.4 Å². The van der Waals surface area contributed by atoms with E-state index in [0.29, 0.717) is 0 Å². The van der Waals surface area contributed by atoms with Crippen LogP contribution in [0.2, 0.25) is 0 Å². The molecule has 0 amide bonds. The Labute approximate surface area is 266 Å². The minimum Gasteiger partial charge on any atom is -0.309 e. The molecular weight excluding hydrogens is 560 g/mol. The summed E-state index contributed by atoms with van der Waals surface area (Å²) < 4.78 is 2.37. The van der Waals surface area contributed by atoms with Crippen molar-refractivity contribution in [3.63, 3.8) is 0 Å². The molecule has 4 heteroatoms. The lowest BCUT2D eigenvalue weighted by molar-refractivity contribution is 0.638. The molecule has 6 aromatic carbocycles. The summed E-state index contributed by atoms with van der Waals surface area (Å²) in [6.07, 6.45) is 4.18. The molecule has 4 nitrogen and oxygen atoms in total. The zero-order valence-corrected chi connectivity index (χ0v) is 25.0. The first-order valence-corrected chi connectivity index (χ1v) is 15.8. The van der Waals surface area contributed by atoms with Crippen molar-refractivity contribution in [2.45, 2.75) is 6.04 Å². The Bertz CT molecular complexity index is 2430. The Morgan fingerprint density at radius 1 is 0.565 bits per heavy atom. The molecule has 0 N–H and O–H groups in total. The first kappa shape index (κ1) is 25.3. The van der Waals surface area contributed by atoms with Gasteiger partial charge in [0, 0.05) is 39.5 Å². The van der Waals surface area contributed by atoms with Crippen molar-refractivity contribution in [2.75, 3.05) is 4.90 Å². The van der Waals surface area contributed by atoms with Crippen LogP contribution >= 0.6 is 0 Å². The number of dihydropyridines is 1. The molecule has 216 valence electrons. The molecule has 0 bridgehead atoms. The van der Waals surface area contributed by atoms with Crippen LogP contribution in [0, 0.1) is 5.92 Å². The van der Waals surface area contributed by atoms with Gasteiger partial charge in [-0.25, -0.2) is 4.99 Å². The van der Waals surface area contributed by atoms with E-state index in [2.05, 4.69) is 161 Å². The molecule has 0 spiro atoms. The van der Waals surface area contributed by atoms with E-state index < -0.39 is 0 Å². The number of nitrogens with zero attached hydrogens (tertiary/aromatic N) is 4. The van der Waals surface area contributed by atoms with E-state index in [4.69, 9.17) is 9.98 Å². The predicted octanol–water partition coefficient (Wildman–Crippen LogP) is 10.5. The van der Waals surface area contributed by atoms with E-state index in [1.807, 2.05) is 6.21 Å². The first-order chi connectivity index (χ1) is 22.8. The molecule has 3 aliphatic heterocycles. The molecular formula is C42H28N4. The van der Waals surface area contributed by atoms with E-state index in [1.165, 1.54) is 55.3 Å². The Hall–Kier alpha value is -6.00. The zero-order valence-electron chi connectivity index (χ0n) is 25.0. The van der Waals surface area contributed by atoms with Gasteiger partial charge in [-0.2, -0.15) is 0 Å². The Morgan fingerprint density at radius 3 is 2.13 bits per heavy atom. The van der Waals surface area contributed by atoms with Gasteiger partial charge >= 0.3 is 0 Å². The molecule has 0 saturated heterocycles. The molecule has 0 saturated carbocycles. The molecule has 10 rings (SSSR count). The smallest absolute Gasteiger partial charge is 0.124 e. The van der Waals surface area contributed by atoms with Crippen LogP contribution in [-0.4, -0.2) is 16.6 Å². The summed E-state index contributed by atoms with van der Waals surface area (Å²) in [5.74, 6) is 1.07. The summed E-state index contributed by atoms with van der Waals surface area (Å²) in [6, 6.07) is 52.2. The van der Waals surface area contributed by atoms with Crippen LogP contribution in [0.1, 0.15) is 17.2 Å². The number of aliphatic imine (C=N–C) groups is 2. The van der Waals surface area contributed by atoms with Crippen LogP contribution in [0.3, 0.4) is 0 Å². The van der Waals surface area contributed by atoms with Gasteiger partial charge in [0.05, 0.1) is 34.4 Å². The minimum atomic E-state index is -0.0502. The van der Waals surface area contributed by atoms with Gasteiger partial charge in [-0.1, -0.05) is 84.9 Å². The summed E-state index contributed by atoms with van der Waals surface area (Å²) >= 11 is 0. The standard InChI is InChI=1S/C42H28N4/c1-3-11-29(12-4-1)45-37-18-10-8-16-32(37)34-25-27(19-21-38(34)45)28-20-22-39-35(26-28)41-40-33(23-24-43-41)31-15-7-9-17-36(31)44-42(40)46(39)30-13-5-2-6-14-30/h1-26,40-41H. The first-order valence-electron chi connectivity index (χ1n) is 15.8. The van der Waals surface area contributed by atoms with E-state index in [9.17, 15) is 0 Å². The summed E-state index contributed by atoms with van der Waals surface area (Å²) in [6.45, 7) is 0. The van der Waals surface area contributed by atoms with E-state index in [1.54, 1.807) is 0 Å². The van der Waals surface area contributed by atoms with Crippen molar-refractivity contribution in [1.29, 1.82) is 0 Å². The highest BCUT2D eigenvalue weighted by Crippen LogP contribution is 2.54. The highest BCUT2D eigenvalue weighted by atomic mass is 15.2. The second-order valence-electron chi connectivity index (χ2n) is 12.2. The third kappa shape index (κ3) is 3.61. The number of allylic oxidation sites excluding steroid dienone is 1. The maximum Gasteiger partial charge on any atom is 0.124 e. The molecule has 0 fully saturated rings. The number of hydrogen-bond donors (Lipinski definition) is 0. The van der Waals surface area contributed by atoms with Gasteiger partial charge in [0.2, 0.25) is 0 Å². The van der Waals surface area contributed by atoms with Gasteiger partial charge < -0.3 is 4.57 Å². The fraction of sp³-hybridized carbons (Fsp3) is 0.0476.